The molecule has 0 fully saturated rings. The summed E-state index contributed by atoms with van der Waals surface area (Å²) in [5.74, 6) is 0.834. The van der Waals surface area contributed by atoms with E-state index in [0.29, 0.717) is 0 Å². The second kappa shape index (κ2) is 4.36. The average molecular weight is 220 g/mol. The van der Waals surface area contributed by atoms with E-state index in [-0.39, 0.29) is 0 Å². The molecule has 0 bridgehead atoms. The molecule has 0 saturated heterocycles. The van der Waals surface area contributed by atoms with E-state index in [1.165, 1.54) is 0 Å². The van der Waals surface area contributed by atoms with Crippen molar-refractivity contribution >= 4 is 17.2 Å². The topological polar surface area (TPSA) is 26.3 Å². The SMILES string of the molecule is COc1cccc([SH]2C=CC=C2C=O)c1. The number of hydrogen-bond acceptors (Lipinski definition) is 2. The van der Waals surface area contributed by atoms with Crippen LogP contribution in [0, 0.1) is 0 Å². The molecule has 0 saturated carbocycles. The van der Waals surface area contributed by atoms with Gasteiger partial charge in [-0.3, -0.25) is 4.79 Å². The Hall–Kier alpha value is -1.48. The number of rotatable bonds is 3. The fourth-order valence-electron chi connectivity index (χ4n) is 1.49. The van der Waals surface area contributed by atoms with E-state index in [1.807, 2.05) is 36.4 Å². The number of hydrogen-bond donors (Lipinski definition) is 1. The molecular weight excluding hydrogens is 208 g/mol. The molecule has 1 aliphatic rings. The summed E-state index contributed by atoms with van der Waals surface area (Å²) in [5.41, 5.74) is 0. The Morgan fingerprint density at radius 2 is 2.27 bits per heavy atom. The molecule has 0 amide bonds. The van der Waals surface area contributed by atoms with Crippen LogP contribution in [0.3, 0.4) is 0 Å². The fourth-order valence-corrected chi connectivity index (χ4v) is 3.26. The smallest absolute Gasteiger partial charge is 0.155 e. The van der Waals surface area contributed by atoms with Crippen molar-refractivity contribution in [2.45, 2.75) is 4.90 Å². The van der Waals surface area contributed by atoms with Crippen molar-refractivity contribution in [1.29, 1.82) is 0 Å². The van der Waals surface area contributed by atoms with Crippen molar-refractivity contribution in [1.82, 2.24) is 0 Å². The number of carbonyl (C=O) groups excluding carboxylic acids is 1. The summed E-state index contributed by atoms with van der Waals surface area (Å²) in [6.45, 7) is 0. The van der Waals surface area contributed by atoms with E-state index in [0.717, 1.165) is 21.8 Å². The van der Waals surface area contributed by atoms with Crippen LogP contribution in [0.25, 0.3) is 0 Å². The van der Waals surface area contributed by atoms with E-state index in [2.05, 4.69) is 5.41 Å². The summed E-state index contributed by atoms with van der Waals surface area (Å²) in [6, 6.07) is 7.87. The van der Waals surface area contributed by atoms with Gasteiger partial charge in [-0.2, -0.15) is 10.9 Å². The second-order valence-electron chi connectivity index (χ2n) is 3.12. The molecule has 1 aromatic carbocycles. The molecule has 3 heteroatoms. The maximum atomic E-state index is 10.8. The lowest BCUT2D eigenvalue weighted by Crippen LogP contribution is -1.87. The Morgan fingerprint density at radius 3 is 3.00 bits per heavy atom. The molecule has 1 atom stereocenters. The van der Waals surface area contributed by atoms with Gasteiger partial charge in [0.2, 0.25) is 0 Å². The van der Waals surface area contributed by atoms with Crippen LogP contribution in [0.15, 0.2) is 51.6 Å². The van der Waals surface area contributed by atoms with Crippen molar-refractivity contribution in [2.75, 3.05) is 7.11 Å². The van der Waals surface area contributed by atoms with Crippen LogP contribution in [-0.4, -0.2) is 13.4 Å². The van der Waals surface area contributed by atoms with Crippen LogP contribution < -0.4 is 4.74 Å². The number of benzene rings is 1. The van der Waals surface area contributed by atoms with E-state index in [9.17, 15) is 4.79 Å². The van der Waals surface area contributed by atoms with Gasteiger partial charge >= 0.3 is 0 Å². The first-order chi connectivity index (χ1) is 7.35. The number of carbonyl (C=O) groups is 1. The molecule has 1 aliphatic heterocycles. The first-order valence-corrected chi connectivity index (χ1v) is 6.03. The Kier molecular flexibility index (Phi) is 2.92. The normalized spacial score (nSPS) is 21.1. The molecule has 0 aliphatic carbocycles. The first-order valence-electron chi connectivity index (χ1n) is 4.62. The molecule has 0 N–H and O–H groups in total. The van der Waals surface area contributed by atoms with Gasteiger partial charge in [0.1, 0.15) is 5.75 Å². The van der Waals surface area contributed by atoms with E-state index in [1.54, 1.807) is 7.11 Å². The molecular formula is C12H12O2S. The first kappa shape index (κ1) is 10.1. The molecule has 1 aromatic rings. The van der Waals surface area contributed by atoms with Crippen LogP contribution >= 0.6 is 10.9 Å². The largest absolute Gasteiger partial charge is 0.497 e. The second-order valence-corrected chi connectivity index (χ2v) is 5.19. The molecule has 0 aromatic heterocycles. The third-order valence-electron chi connectivity index (χ3n) is 2.23. The predicted molar refractivity (Wildman–Crippen MR) is 63.5 cm³/mol. The predicted octanol–water partition coefficient (Wildman–Crippen LogP) is 2.67. The molecule has 2 rings (SSSR count). The van der Waals surface area contributed by atoms with E-state index < -0.39 is 10.9 Å². The minimum absolute atomic E-state index is 0.593. The third kappa shape index (κ3) is 1.97. The summed E-state index contributed by atoms with van der Waals surface area (Å²) in [7, 11) is 1.05. The quantitative estimate of drug-likeness (QED) is 0.626. The lowest BCUT2D eigenvalue weighted by Gasteiger charge is -2.15. The number of methoxy groups -OCH3 is 1. The maximum absolute atomic E-state index is 10.8. The van der Waals surface area contributed by atoms with Gasteiger partial charge in [0.25, 0.3) is 0 Å². The Labute approximate surface area is 91.6 Å². The van der Waals surface area contributed by atoms with Gasteiger partial charge in [-0.25, -0.2) is 0 Å². The fraction of sp³-hybridized carbons (Fsp3) is 0.0833. The summed E-state index contributed by atoms with van der Waals surface area (Å²) in [5, 5.41) is 2.08. The number of thiol groups is 1. The Bertz CT molecular complexity index is 435. The zero-order chi connectivity index (χ0) is 10.7. The standard InChI is InChI=1S/C12H12O2S/c1-14-10-4-2-5-11(8-10)15-7-3-6-12(15)9-13/h2-9,15H,1H3. The zero-order valence-corrected chi connectivity index (χ0v) is 9.28. The summed E-state index contributed by atoms with van der Waals surface area (Å²) < 4.78 is 5.16. The van der Waals surface area contributed by atoms with Crippen molar-refractivity contribution in [3.8, 4) is 5.75 Å². The lowest BCUT2D eigenvalue weighted by molar-refractivity contribution is -0.104. The molecule has 1 heterocycles. The number of aldehydes is 1. The van der Waals surface area contributed by atoms with Crippen LogP contribution in [0.5, 0.6) is 5.75 Å². The molecule has 1 unspecified atom stereocenters. The van der Waals surface area contributed by atoms with Gasteiger partial charge < -0.3 is 4.74 Å². The number of allylic oxidation sites excluding steroid dienone is 3. The maximum Gasteiger partial charge on any atom is 0.155 e. The van der Waals surface area contributed by atoms with Crippen LogP contribution in [0.1, 0.15) is 0 Å². The van der Waals surface area contributed by atoms with Gasteiger partial charge in [-0.15, -0.1) is 0 Å². The van der Waals surface area contributed by atoms with Gasteiger partial charge in [0, 0.05) is 4.91 Å². The highest BCUT2D eigenvalue weighted by atomic mass is 32.2. The van der Waals surface area contributed by atoms with Gasteiger partial charge in [-0.05, 0) is 34.6 Å². The molecule has 2 nitrogen and oxygen atoms in total. The molecule has 0 spiro atoms. The van der Waals surface area contributed by atoms with Crippen LogP contribution in [-0.2, 0) is 4.79 Å². The Morgan fingerprint density at radius 1 is 1.40 bits per heavy atom. The van der Waals surface area contributed by atoms with Crippen molar-refractivity contribution < 1.29 is 9.53 Å². The molecule has 78 valence electrons. The number of ether oxygens (including phenoxy) is 1. The van der Waals surface area contributed by atoms with Crippen LogP contribution in [0.4, 0.5) is 0 Å². The van der Waals surface area contributed by atoms with Crippen molar-refractivity contribution in [2.24, 2.45) is 0 Å². The van der Waals surface area contributed by atoms with E-state index >= 15 is 0 Å². The summed E-state index contributed by atoms with van der Waals surface area (Å²) >= 11 is 0. The van der Waals surface area contributed by atoms with E-state index in [4.69, 9.17) is 4.74 Å². The van der Waals surface area contributed by atoms with Gasteiger partial charge in [0.05, 0.1) is 7.11 Å². The van der Waals surface area contributed by atoms with Gasteiger partial charge in [-0.1, -0.05) is 12.1 Å². The van der Waals surface area contributed by atoms with Crippen molar-refractivity contribution in [3.05, 3.63) is 46.7 Å². The molecule has 0 radical (unpaired) electrons. The summed E-state index contributed by atoms with van der Waals surface area (Å²) in [6.07, 6.45) is 4.75. The van der Waals surface area contributed by atoms with Crippen LogP contribution in [0.2, 0.25) is 0 Å². The highest BCUT2D eigenvalue weighted by molar-refractivity contribution is 8.23. The average Bonchev–Trinajstić information content (AvgIpc) is 2.77. The summed E-state index contributed by atoms with van der Waals surface area (Å²) in [4.78, 5) is 12.8. The minimum Gasteiger partial charge on any atom is -0.497 e. The highest BCUT2D eigenvalue weighted by Crippen LogP contribution is 2.47. The minimum atomic E-state index is -0.593. The Balaban J connectivity index is 2.33. The monoisotopic (exact) mass is 220 g/mol. The van der Waals surface area contributed by atoms with Gasteiger partial charge in [0.15, 0.2) is 6.29 Å². The molecule has 15 heavy (non-hydrogen) atoms. The third-order valence-corrected chi connectivity index (χ3v) is 4.35. The lowest BCUT2D eigenvalue weighted by atomic mass is 10.3. The zero-order valence-electron chi connectivity index (χ0n) is 8.38. The van der Waals surface area contributed by atoms with Crippen molar-refractivity contribution in [3.63, 3.8) is 0 Å². The highest BCUT2D eigenvalue weighted by Gasteiger charge is 2.12.